The number of nitrogens with zero attached hydrogens (tertiary/aromatic N) is 1. The van der Waals surface area contributed by atoms with Crippen molar-refractivity contribution in [3.8, 4) is 0 Å². The molecule has 0 aliphatic carbocycles. The van der Waals surface area contributed by atoms with Crippen molar-refractivity contribution in [2.24, 2.45) is 0 Å². The second kappa shape index (κ2) is 7.78. The van der Waals surface area contributed by atoms with E-state index in [0.29, 0.717) is 0 Å². The Balaban J connectivity index is 2.42. The van der Waals surface area contributed by atoms with Crippen LogP contribution in [0.5, 0.6) is 0 Å². The molecule has 0 radical (unpaired) electrons. The maximum atomic E-state index is 13.4. The molecular weight excluding hydrogens is 397 g/mol. The van der Waals surface area contributed by atoms with E-state index >= 15 is 0 Å². The number of aromatic nitrogens is 1. The van der Waals surface area contributed by atoms with Gasteiger partial charge >= 0.3 is 6.18 Å². The number of nitrogens with one attached hydrogen (secondary N) is 1. The number of hydrogen-bond acceptors (Lipinski definition) is 4. The van der Waals surface area contributed by atoms with Crippen molar-refractivity contribution < 1.29 is 26.3 Å². The molecule has 2 aromatic rings. The largest absolute Gasteiger partial charge is 0.408 e. The van der Waals surface area contributed by atoms with Gasteiger partial charge in [0.2, 0.25) is 10.0 Å². The van der Waals surface area contributed by atoms with Crippen LogP contribution in [0.2, 0.25) is 5.02 Å². The molecule has 0 saturated heterocycles. The molecule has 1 N–H and O–H groups in total. The van der Waals surface area contributed by atoms with E-state index < -0.39 is 32.7 Å². The number of benzene rings is 1. The Morgan fingerprint density at radius 2 is 1.81 bits per heavy atom. The van der Waals surface area contributed by atoms with Crippen LogP contribution < -0.4 is 10.3 Å². The average molecular weight is 411 g/mol. The molecule has 2 rings (SSSR count). The topological polar surface area (TPSA) is 77.4 Å². The van der Waals surface area contributed by atoms with Crippen LogP contribution in [-0.2, 0) is 21.5 Å². The van der Waals surface area contributed by atoms with Gasteiger partial charge in [-0.3, -0.25) is 9.36 Å². The first kappa shape index (κ1) is 20.4. The number of rotatable bonds is 6. The molecule has 1 aromatic carbocycles. The Kier molecular flexibility index (Phi) is 6.12. The van der Waals surface area contributed by atoms with Crippen LogP contribution in [-0.4, -0.2) is 26.3 Å². The number of ether oxygens (including phenoxy) is 1. The summed E-state index contributed by atoms with van der Waals surface area (Å²) in [6.45, 7) is -0.248. The van der Waals surface area contributed by atoms with Gasteiger partial charge in [-0.05, 0) is 23.8 Å². The summed E-state index contributed by atoms with van der Waals surface area (Å²) in [6.07, 6.45) is -3.98. The highest BCUT2D eigenvalue weighted by Crippen LogP contribution is 2.34. The van der Waals surface area contributed by atoms with Gasteiger partial charge in [-0.1, -0.05) is 23.7 Å². The minimum absolute atomic E-state index is 0.212. The summed E-state index contributed by atoms with van der Waals surface area (Å²) in [5.41, 5.74) is -0.883. The molecule has 1 unspecified atom stereocenters. The molecule has 0 amide bonds. The zero-order chi connectivity index (χ0) is 19.5. The van der Waals surface area contributed by atoms with Crippen molar-refractivity contribution in [3.05, 3.63) is 63.5 Å². The van der Waals surface area contributed by atoms with Gasteiger partial charge in [0.25, 0.3) is 5.56 Å². The fourth-order valence-electron chi connectivity index (χ4n) is 2.11. The molecule has 26 heavy (non-hydrogen) atoms. The van der Waals surface area contributed by atoms with Crippen LogP contribution >= 0.6 is 11.6 Å². The summed E-state index contributed by atoms with van der Waals surface area (Å²) in [6, 6.07) is 3.98. The fraction of sp³-hybridized carbons (Fsp3) is 0.267. The third-order valence-corrected chi connectivity index (χ3v) is 5.00. The third kappa shape index (κ3) is 4.85. The number of alkyl halides is 3. The molecule has 1 heterocycles. The van der Waals surface area contributed by atoms with Crippen LogP contribution in [0.15, 0.2) is 52.3 Å². The third-order valence-electron chi connectivity index (χ3n) is 3.34. The van der Waals surface area contributed by atoms with Crippen molar-refractivity contribution >= 4 is 21.6 Å². The molecule has 0 aliphatic rings. The summed E-state index contributed by atoms with van der Waals surface area (Å²) in [5.74, 6) is 0. The Hall–Kier alpha value is -1.88. The molecule has 142 valence electrons. The normalized spacial score (nSPS) is 13.6. The van der Waals surface area contributed by atoms with E-state index in [1.54, 1.807) is 4.72 Å². The molecule has 0 fully saturated rings. The van der Waals surface area contributed by atoms with E-state index in [9.17, 15) is 26.4 Å². The summed E-state index contributed by atoms with van der Waals surface area (Å²) in [7, 11) is -3.29. The van der Waals surface area contributed by atoms with E-state index in [2.05, 4.69) is 0 Å². The number of pyridine rings is 1. The van der Waals surface area contributed by atoms with Crippen molar-refractivity contribution in [2.75, 3.05) is 7.11 Å². The number of hydrogen-bond donors (Lipinski definition) is 1. The Bertz CT molecular complexity index is 927. The first-order valence-electron chi connectivity index (χ1n) is 7.08. The zero-order valence-corrected chi connectivity index (χ0v) is 14.9. The lowest BCUT2D eigenvalue weighted by molar-refractivity contribution is -0.153. The lowest BCUT2D eigenvalue weighted by Gasteiger charge is -2.22. The summed E-state index contributed by atoms with van der Waals surface area (Å²) < 4.78 is 72.2. The highest BCUT2D eigenvalue weighted by Gasteiger charge is 2.43. The minimum atomic E-state index is -4.89. The summed E-state index contributed by atoms with van der Waals surface area (Å²) in [4.78, 5) is 11.1. The molecule has 0 saturated carbocycles. The minimum Gasteiger partial charge on any atom is -0.364 e. The van der Waals surface area contributed by atoms with Crippen LogP contribution in [0, 0.1) is 0 Å². The van der Waals surface area contributed by atoms with Gasteiger partial charge in [0.05, 0.1) is 4.90 Å². The molecule has 0 aliphatic heterocycles. The number of halogens is 4. The lowest BCUT2D eigenvalue weighted by Crippen LogP contribution is -2.38. The van der Waals surface area contributed by atoms with Crippen LogP contribution in [0.1, 0.15) is 11.6 Å². The standard InChI is InChI=1S/C15H14ClF3N2O4S/c1-25-9-21-8-12(6-7-13(21)22)26(23,24)20-14(15(17,18)19)10-2-4-11(16)5-3-10/h2-8,14,20H,9H2,1H3. The predicted octanol–water partition coefficient (Wildman–Crippen LogP) is 2.69. The zero-order valence-electron chi connectivity index (χ0n) is 13.3. The van der Waals surface area contributed by atoms with Crippen LogP contribution in [0.3, 0.4) is 0 Å². The maximum Gasteiger partial charge on any atom is 0.408 e. The highest BCUT2D eigenvalue weighted by molar-refractivity contribution is 7.89. The second-order valence-electron chi connectivity index (χ2n) is 5.24. The molecule has 1 atom stereocenters. The molecular formula is C15H14ClF3N2O4S. The van der Waals surface area contributed by atoms with Crippen molar-refractivity contribution in [3.63, 3.8) is 0 Å². The van der Waals surface area contributed by atoms with E-state index in [0.717, 1.165) is 35.0 Å². The second-order valence-corrected chi connectivity index (χ2v) is 7.39. The Morgan fingerprint density at radius 3 is 2.35 bits per heavy atom. The number of sulfonamides is 1. The summed E-state index contributed by atoms with van der Waals surface area (Å²) >= 11 is 5.66. The smallest absolute Gasteiger partial charge is 0.364 e. The van der Waals surface area contributed by atoms with Gasteiger partial charge in [-0.2, -0.15) is 17.9 Å². The van der Waals surface area contributed by atoms with Crippen molar-refractivity contribution in [1.82, 2.24) is 9.29 Å². The highest BCUT2D eigenvalue weighted by atomic mass is 35.5. The SMILES string of the molecule is COCn1cc(S(=O)(=O)NC(c2ccc(Cl)cc2)C(F)(F)F)ccc1=O. The molecule has 11 heteroatoms. The van der Waals surface area contributed by atoms with Gasteiger partial charge in [0.15, 0.2) is 0 Å². The fourth-order valence-corrected chi connectivity index (χ4v) is 3.47. The van der Waals surface area contributed by atoms with Gasteiger partial charge < -0.3 is 4.74 Å². The van der Waals surface area contributed by atoms with Gasteiger partial charge in [-0.15, -0.1) is 0 Å². The molecule has 0 bridgehead atoms. The van der Waals surface area contributed by atoms with Crippen molar-refractivity contribution in [2.45, 2.75) is 23.8 Å². The number of methoxy groups -OCH3 is 1. The van der Waals surface area contributed by atoms with E-state index in [1.165, 1.54) is 19.2 Å². The Labute approximate surface area is 152 Å². The summed E-state index contributed by atoms with van der Waals surface area (Å²) in [5, 5.41) is 0.212. The van der Waals surface area contributed by atoms with E-state index in [4.69, 9.17) is 16.3 Å². The molecule has 0 spiro atoms. The lowest BCUT2D eigenvalue weighted by atomic mass is 10.1. The monoisotopic (exact) mass is 410 g/mol. The first-order valence-corrected chi connectivity index (χ1v) is 8.94. The first-order chi connectivity index (χ1) is 12.0. The quantitative estimate of drug-likeness (QED) is 0.794. The van der Waals surface area contributed by atoms with E-state index in [-0.39, 0.29) is 17.3 Å². The van der Waals surface area contributed by atoms with Crippen molar-refractivity contribution in [1.29, 1.82) is 0 Å². The molecule has 1 aromatic heterocycles. The van der Waals surface area contributed by atoms with E-state index in [1.807, 2.05) is 0 Å². The van der Waals surface area contributed by atoms with Gasteiger partial charge in [0, 0.05) is 24.4 Å². The van der Waals surface area contributed by atoms with Gasteiger partial charge in [-0.25, -0.2) is 8.42 Å². The van der Waals surface area contributed by atoms with Gasteiger partial charge in [0.1, 0.15) is 12.8 Å². The van der Waals surface area contributed by atoms with Crippen LogP contribution in [0.25, 0.3) is 0 Å². The molecule has 6 nitrogen and oxygen atoms in total. The Morgan fingerprint density at radius 1 is 1.19 bits per heavy atom. The predicted molar refractivity (Wildman–Crippen MR) is 88.3 cm³/mol. The maximum absolute atomic E-state index is 13.4. The van der Waals surface area contributed by atoms with Crippen LogP contribution in [0.4, 0.5) is 13.2 Å². The average Bonchev–Trinajstić information content (AvgIpc) is 2.55.